The van der Waals surface area contributed by atoms with Crippen LogP contribution in [0, 0.1) is 214 Å². The summed E-state index contributed by atoms with van der Waals surface area (Å²) >= 11 is 0. The standard InChI is InChI=1S/C29H46O3.C28H45NO.C28H45N.C28H44O3/c1-18-9-11-27(4)20(13-18)7-8-21-22(27)10-12-28(5)23(21)14-24-25(28)19(2)29(32-24)15-26(3,16-30-6)17-31-29;1-17-8-11-26(4)20(14-17)6-7-21-22(26)10-12-27(5)23(21)15-24-25(27)19(3)28(30-24)13-9-18(2)16-29-28;1-17-10-12-27(4)20(14-17)7-8-21-22(27)11-13-28(5)23(21)15-25-26(28)19(3)24-9-6-18(2)16-29(24)25;1-16-8-10-26(4)19(12-16)6-7-20-21(26)14-24(29)27(5)22(20)13-23-25(27)18(3)28(31-23)11-9-17(2)15-30-28/h7,18-19,21-25H,8-17H2,1-6H3;6,17-19,21-25,29H,7-16H2,1-5H3;7,17-19,21-26H,6,8-16H2,1-5H3;16-23,25H,6-15H2,1-5H3/t;17?,18?,19-,21?,22?,23?,24?,25?,26-,27-,28?;17?,18-,19+,21?,22?,23?,24?,25?,26?,27?,28?;16?,17?,18-,19?,20?,21?,22?,23?,25?,26-,27+,28?/m.000/s1. The Hall–Kier alpha value is -1.43. The summed E-state index contributed by atoms with van der Waals surface area (Å²) in [4.78, 5) is 17.1. The molecule has 13 saturated carbocycles. The molecule has 684 valence electrons. The molecule has 16 aliphatic carbocycles. The van der Waals surface area contributed by atoms with Crippen LogP contribution >= 0.6 is 0 Å². The second-order valence-electron chi connectivity index (χ2n) is 53.9. The molecule has 0 bridgehead atoms. The van der Waals surface area contributed by atoms with Crippen molar-refractivity contribution in [2.24, 2.45) is 214 Å². The van der Waals surface area contributed by atoms with Crippen molar-refractivity contribution in [3.63, 3.8) is 0 Å². The lowest BCUT2D eigenvalue weighted by Crippen LogP contribution is -2.58. The van der Waals surface area contributed by atoms with E-state index in [1.54, 1.807) is 0 Å². The molecule has 0 radical (unpaired) electrons. The maximum absolute atomic E-state index is 14.0. The molecule has 0 aromatic rings. The SMILES string of the molecule is CC1CCC2(C)C(=CCC3C2CCC2(C)C3CC3C2[C@H](C)C2CC[C@H](C)CN32)C1.CC1CCC2(NC1)OC1CC3C4CC=C5CC(C)CC[C@]5(C)C4CC[C@]3(C)C1[C@@H]2C.CC1CCC2(OC1)OC1CC3C4CCC5CC(C)CC[C@]5(C)C4CC(=O)[C@]3(C)C1[C@@H]2C.COCC1(C)COC2(C1)OC1CC3C4CC=C5CC(C)CCC5(C)C4CCC3(C)C1C2C. The van der Waals surface area contributed by atoms with Crippen LogP contribution in [-0.4, -0.2) is 98.4 Å². The number of rotatable bonds is 2. The highest BCUT2D eigenvalue weighted by Gasteiger charge is 2.76. The van der Waals surface area contributed by atoms with Crippen molar-refractivity contribution in [2.75, 3.05) is 40.0 Å². The van der Waals surface area contributed by atoms with Crippen LogP contribution < -0.4 is 5.32 Å². The normalized spacial score (nSPS) is 59.7. The molecule has 37 unspecified atom stereocenters. The highest BCUT2D eigenvalue weighted by molar-refractivity contribution is 5.87. The van der Waals surface area contributed by atoms with E-state index in [1.807, 2.05) is 23.8 Å². The number of Topliss-reactive ketones (excluding diaryl/α,β-unsaturated/α-hetero) is 1. The Kier molecular flexibility index (Phi) is 21.8. The summed E-state index contributed by atoms with van der Waals surface area (Å²) in [6.07, 6.45) is 56.5. The molecule has 8 saturated heterocycles. The third-order valence-corrected chi connectivity index (χ3v) is 47.7. The topological polar surface area (TPSA) is 87.7 Å². The number of fused-ring (bicyclic) bond motifs is 30. The number of nitrogens with zero attached hydrogens (tertiary/aromatic N) is 1. The molecule has 45 atom stereocenters. The third-order valence-electron chi connectivity index (χ3n) is 47.7. The molecule has 8 aliphatic heterocycles. The highest BCUT2D eigenvalue weighted by Crippen LogP contribution is 2.77. The smallest absolute Gasteiger partial charge is 0.172 e. The van der Waals surface area contributed by atoms with E-state index in [4.69, 9.17) is 28.4 Å². The van der Waals surface area contributed by atoms with Crippen LogP contribution in [0.2, 0.25) is 0 Å². The Labute approximate surface area is 745 Å². The number of hydrogen-bond donors (Lipinski definition) is 1. The van der Waals surface area contributed by atoms with Gasteiger partial charge in [0.15, 0.2) is 11.6 Å². The van der Waals surface area contributed by atoms with Gasteiger partial charge in [-0.1, -0.05) is 180 Å². The molecule has 24 rings (SSSR count). The van der Waals surface area contributed by atoms with Crippen LogP contribution in [-0.2, 0) is 33.2 Å². The van der Waals surface area contributed by atoms with Crippen molar-refractivity contribution in [1.82, 2.24) is 10.2 Å². The Morgan fingerprint density at radius 2 is 0.910 bits per heavy atom. The molecule has 21 fully saturated rings. The summed E-state index contributed by atoms with van der Waals surface area (Å²) in [5.41, 5.74) is 8.82. The zero-order valence-electron chi connectivity index (χ0n) is 81.9. The number of allylic oxidation sites excluding steroid dienone is 6. The van der Waals surface area contributed by atoms with Gasteiger partial charge < -0.3 is 28.4 Å². The second-order valence-corrected chi connectivity index (χ2v) is 53.9. The Balaban J connectivity index is 0.000000100. The molecule has 1 N–H and O–H groups in total. The molecule has 24 aliphatic rings. The van der Waals surface area contributed by atoms with Gasteiger partial charge in [-0.15, -0.1) is 0 Å². The number of methoxy groups -OCH3 is 1. The van der Waals surface area contributed by atoms with Crippen molar-refractivity contribution < 1.29 is 33.2 Å². The molecule has 122 heavy (non-hydrogen) atoms. The molecule has 8 heterocycles. The first-order valence-electron chi connectivity index (χ1n) is 53.9. The van der Waals surface area contributed by atoms with Gasteiger partial charge in [-0.05, 0) is 379 Å². The zero-order valence-corrected chi connectivity index (χ0v) is 81.9. The van der Waals surface area contributed by atoms with Crippen molar-refractivity contribution >= 4 is 5.78 Å². The number of carbonyl (C=O) groups is 1. The van der Waals surface area contributed by atoms with E-state index in [9.17, 15) is 4.79 Å². The van der Waals surface area contributed by atoms with Gasteiger partial charge in [0.2, 0.25) is 0 Å². The quantitative estimate of drug-likeness (QED) is 0.272. The van der Waals surface area contributed by atoms with Crippen molar-refractivity contribution in [3.05, 3.63) is 34.9 Å². The van der Waals surface area contributed by atoms with Crippen LogP contribution in [0.1, 0.15) is 363 Å². The van der Waals surface area contributed by atoms with Gasteiger partial charge in [-0.3, -0.25) is 15.0 Å². The molecular weight excluding hydrogens is 1500 g/mol. The van der Waals surface area contributed by atoms with Gasteiger partial charge in [-0.25, -0.2) is 0 Å². The van der Waals surface area contributed by atoms with Gasteiger partial charge in [0.05, 0.1) is 38.1 Å². The maximum atomic E-state index is 14.0. The van der Waals surface area contributed by atoms with E-state index in [2.05, 4.69) is 167 Å². The van der Waals surface area contributed by atoms with Gasteiger partial charge in [0, 0.05) is 86.0 Å². The largest absolute Gasteiger partial charge is 0.384 e. The first-order valence-corrected chi connectivity index (χ1v) is 53.9. The van der Waals surface area contributed by atoms with E-state index in [0.717, 1.165) is 182 Å². The average Bonchev–Trinajstić information content (AvgIpc) is 1.52. The Bertz CT molecular complexity index is 4010. The summed E-state index contributed by atoms with van der Waals surface area (Å²) in [6.45, 7) is 55.2. The van der Waals surface area contributed by atoms with Crippen molar-refractivity contribution in [3.8, 4) is 0 Å². The number of hydrogen-bond acceptors (Lipinski definition) is 9. The first-order chi connectivity index (χ1) is 57.9. The third kappa shape index (κ3) is 12.8. The van der Waals surface area contributed by atoms with E-state index >= 15 is 0 Å². The molecule has 0 amide bonds. The number of ether oxygens (including phenoxy) is 6. The van der Waals surface area contributed by atoms with Gasteiger partial charge in [-0.2, -0.15) is 0 Å². The molecule has 3 spiro atoms. The lowest BCUT2D eigenvalue weighted by atomic mass is 9.43. The fraction of sp³-hybridized carbons (Fsp3) is 0.938. The van der Waals surface area contributed by atoms with Crippen molar-refractivity contribution in [1.29, 1.82) is 0 Å². The highest BCUT2D eigenvalue weighted by atomic mass is 16.7. The fourth-order valence-electron chi connectivity index (χ4n) is 41.1. The number of piperidine rings is 2. The minimum atomic E-state index is -0.421. The van der Waals surface area contributed by atoms with Crippen LogP contribution in [0.25, 0.3) is 0 Å². The predicted molar refractivity (Wildman–Crippen MR) is 493 cm³/mol. The van der Waals surface area contributed by atoms with Crippen LogP contribution in [0.15, 0.2) is 34.9 Å². The zero-order chi connectivity index (χ0) is 85.3. The fourth-order valence-corrected chi connectivity index (χ4v) is 41.1. The van der Waals surface area contributed by atoms with Crippen LogP contribution in [0.5, 0.6) is 0 Å². The molecule has 0 aromatic carbocycles. The number of nitrogens with one attached hydrogen (secondary N) is 1. The van der Waals surface area contributed by atoms with Gasteiger partial charge in [0.1, 0.15) is 11.5 Å². The lowest BCUT2D eigenvalue weighted by Gasteiger charge is -2.60. The van der Waals surface area contributed by atoms with Crippen LogP contribution in [0.4, 0.5) is 0 Å². The number of carbonyl (C=O) groups excluding carboxylic acids is 1. The molecule has 9 heteroatoms. The molecule has 0 aromatic heterocycles. The first kappa shape index (κ1) is 87.2. The van der Waals surface area contributed by atoms with E-state index < -0.39 is 5.79 Å². The number of ketones is 1. The average molecular weight is 1680 g/mol. The van der Waals surface area contributed by atoms with Gasteiger partial charge >= 0.3 is 0 Å². The van der Waals surface area contributed by atoms with E-state index in [-0.39, 0.29) is 28.4 Å². The summed E-state index contributed by atoms with van der Waals surface area (Å²) < 4.78 is 39.3. The minimum Gasteiger partial charge on any atom is -0.384 e. The van der Waals surface area contributed by atoms with Crippen molar-refractivity contribution in [2.45, 2.75) is 411 Å². The Morgan fingerprint density at radius 3 is 1.47 bits per heavy atom. The molecule has 9 nitrogen and oxygen atoms in total. The lowest BCUT2D eigenvalue weighted by molar-refractivity contribution is -0.272. The summed E-state index contributed by atoms with van der Waals surface area (Å²) in [5, 5.41) is 3.91. The minimum absolute atomic E-state index is 0.0161. The maximum Gasteiger partial charge on any atom is 0.172 e. The summed E-state index contributed by atoms with van der Waals surface area (Å²) in [7, 11) is 1.81. The van der Waals surface area contributed by atoms with Gasteiger partial charge in [0.25, 0.3) is 0 Å². The summed E-state index contributed by atoms with van der Waals surface area (Å²) in [5.74, 6) is 21.7. The Morgan fingerprint density at radius 1 is 0.410 bits per heavy atom. The van der Waals surface area contributed by atoms with Crippen LogP contribution in [0.3, 0.4) is 0 Å². The molecular formula is C113H180N2O7. The second kappa shape index (κ2) is 30.6. The predicted octanol–water partition coefficient (Wildman–Crippen LogP) is 26.4. The van der Waals surface area contributed by atoms with E-state index in [0.29, 0.717) is 103 Å². The van der Waals surface area contributed by atoms with E-state index in [1.165, 1.54) is 206 Å². The summed E-state index contributed by atoms with van der Waals surface area (Å²) in [6, 6.07) is 1.82. The monoisotopic (exact) mass is 1680 g/mol.